The lowest BCUT2D eigenvalue weighted by Gasteiger charge is -2.54. The van der Waals surface area contributed by atoms with E-state index in [1.807, 2.05) is 0 Å². The summed E-state index contributed by atoms with van der Waals surface area (Å²) in [6.07, 6.45) is 3.75. The van der Waals surface area contributed by atoms with Crippen LogP contribution in [0.3, 0.4) is 0 Å². The van der Waals surface area contributed by atoms with Gasteiger partial charge >= 0.3 is 0 Å². The van der Waals surface area contributed by atoms with Crippen LogP contribution in [0.15, 0.2) is 0 Å². The van der Waals surface area contributed by atoms with E-state index >= 15 is 0 Å². The lowest BCUT2D eigenvalue weighted by atomic mass is 9.73. The zero-order chi connectivity index (χ0) is 19.1. The van der Waals surface area contributed by atoms with Crippen molar-refractivity contribution in [2.24, 2.45) is 11.8 Å². The van der Waals surface area contributed by atoms with E-state index in [1.165, 1.54) is 0 Å². The number of carbonyl (C=O) groups excluding carboxylic acids is 2. The molecule has 6 aliphatic heterocycles. The first kappa shape index (κ1) is 19.5. The summed E-state index contributed by atoms with van der Waals surface area (Å²) < 4.78 is 17.1. The third-order valence-electron chi connectivity index (χ3n) is 7.31. The van der Waals surface area contributed by atoms with Crippen molar-refractivity contribution in [3.05, 3.63) is 0 Å². The first-order chi connectivity index (χ1) is 13.1. The van der Waals surface area contributed by atoms with Gasteiger partial charge in [-0.2, -0.15) is 0 Å². The van der Waals surface area contributed by atoms with Crippen LogP contribution in [0.1, 0.15) is 25.7 Å². The Kier molecular flexibility index (Phi) is 5.42. The molecule has 6 saturated heterocycles. The number of Topliss-reactive ketones (excluding diaryl/α,β-unsaturated/α-hetero) is 2. The van der Waals surface area contributed by atoms with E-state index in [0.717, 1.165) is 51.9 Å². The second-order valence-electron chi connectivity index (χ2n) is 8.67. The summed E-state index contributed by atoms with van der Waals surface area (Å²) in [6.45, 7) is 4.93. The van der Waals surface area contributed by atoms with E-state index in [-0.39, 0.29) is 36.6 Å². The Labute approximate surface area is 161 Å². The minimum Gasteiger partial charge on any atom is -0.382 e. The molecule has 0 aromatic rings. The highest BCUT2D eigenvalue weighted by Gasteiger charge is 2.56. The van der Waals surface area contributed by atoms with Gasteiger partial charge in [-0.15, -0.1) is 0 Å². The number of ketones is 2. The molecule has 7 nitrogen and oxygen atoms in total. The summed E-state index contributed by atoms with van der Waals surface area (Å²) in [5.41, 5.74) is -1.40. The van der Waals surface area contributed by atoms with Gasteiger partial charge in [0.2, 0.25) is 0 Å². The number of nitrogens with zero attached hydrogens (tertiary/aromatic N) is 2. The van der Waals surface area contributed by atoms with E-state index in [9.17, 15) is 9.59 Å². The maximum Gasteiger partial charge on any atom is 0.160 e. The number of piperidine rings is 6. The molecule has 0 spiro atoms. The predicted molar refractivity (Wildman–Crippen MR) is 98.6 cm³/mol. The van der Waals surface area contributed by atoms with Gasteiger partial charge in [-0.3, -0.25) is 19.4 Å². The first-order valence-electron chi connectivity index (χ1n) is 10.2. The molecular formula is C20H32N2O5. The lowest BCUT2D eigenvalue weighted by Crippen LogP contribution is -2.71. The van der Waals surface area contributed by atoms with E-state index in [2.05, 4.69) is 9.80 Å². The molecule has 0 amide bonds. The smallest absolute Gasteiger partial charge is 0.160 e. The Balaban J connectivity index is 1.50. The molecule has 2 atom stereocenters. The largest absolute Gasteiger partial charge is 0.382 e. The molecule has 2 unspecified atom stereocenters. The molecule has 0 saturated carbocycles. The van der Waals surface area contributed by atoms with Crippen molar-refractivity contribution in [2.75, 3.05) is 66.8 Å². The first-order valence-corrected chi connectivity index (χ1v) is 10.2. The number of rotatable bonds is 8. The van der Waals surface area contributed by atoms with Gasteiger partial charge in [0.1, 0.15) is 11.1 Å². The lowest BCUT2D eigenvalue weighted by molar-refractivity contribution is -0.172. The van der Waals surface area contributed by atoms with E-state index in [1.54, 1.807) is 14.2 Å². The average molecular weight is 380 g/mol. The van der Waals surface area contributed by atoms with Crippen LogP contribution in [0.25, 0.3) is 0 Å². The van der Waals surface area contributed by atoms with Crippen molar-refractivity contribution in [1.82, 2.24) is 9.80 Å². The Morgan fingerprint density at radius 1 is 0.741 bits per heavy atom. The molecule has 0 aromatic carbocycles. The van der Waals surface area contributed by atoms with Crippen molar-refractivity contribution >= 4 is 11.6 Å². The molecule has 6 aliphatic rings. The predicted octanol–water partition coefficient (Wildman–Crippen LogP) is 0.363. The highest BCUT2D eigenvalue weighted by atomic mass is 16.5. The van der Waals surface area contributed by atoms with Gasteiger partial charge in [0.05, 0.1) is 26.4 Å². The standard InChI is InChI=1S/C20H32N2O5/c1-25-11-19(17(23)15-3-7-21(19)8-4-15)13-27-14-20(12-26-2)18(24)16-5-9-22(20)10-6-16/h15-16H,3-14H2,1-2H3. The summed E-state index contributed by atoms with van der Waals surface area (Å²) >= 11 is 0. The fraction of sp³-hybridized carbons (Fsp3) is 0.900. The van der Waals surface area contributed by atoms with Crippen LogP contribution in [0.5, 0.6) is 0 Å². The molecule has 6 heterocycles. The molecule has 152 valence electrons. The van der Waals surface area contributed by atoms with Crippen molar-refractivity contribution in [3.8, 4) is 0 Å². The fourth-order valence-corrected chi connectivity index (χ4v) is 5.81. The van der Waals surface area contributed by atoms with Crippen LogP contribution in [0.2, 0.25) is 0 Å². The van der Waals surface area contributed by atoms with Crippen LogP contribution >= 0.6 is 0 Å². The molecule has 6 rings (SSSR count). The van der Waals surface area contributed by atoms with Gasteiger partial charge in [-0.25, -0.2) is 0 Å². The second kappa shape index (κ2) is 7.52. The number of carbonyl (C=O) groups is 2. The molecular weight excluding hydrogens is 348 g/mol. The zero-order valence-corrected chi connectivity index (χ0v) is 16.6. The van der Waals surface area contributed by atoms with E-state index < -0.39 is 11.1 Å². The Bertz CT molecular complexity index is 533. The number of fused-ring (bicyclic) bond motifs is 6. The number of hydrogen-bond donors (Lipinski definition) is 0. The molecule has 0 aromatic heterocycles. The molecule has 27 heavy (non-hydrogen) atoms. The van der Waals surface area contributed by atoms with Gasteiger partial charge in [0.15, 0.2) is 11.6 Å². The van der Waals surface area contributed by atoms with Crippen LogP contribution in [-0.4, -0.2) is 99.3 Å². The number of hydrogen-bond acceptors (Lipinski definition) is 7. The van der Waals surface area contributed by atoms with Gasteiger partial charge in [0, 0.05) is 26.1 Å². The molecule has 7 heteroatoms. The third kappa shape index (κ3) is 2.99. The molecule has 0 aliphatic carbocycles. The maximum atomic E-state index is 13.1. The van der Waals surface area contributed by atoms with Crippen LogP contribution in [0, 0.1) is 11.8 Å². The van der Waals surface area contributed by atoms with E-state index in [4.69, 9.17) is 14.2 Å². The van der Waals surface area contributed by atoms with Gasteiger partial charge in [-0.1, -0.05) is 0 Å². The van der Waals surface area contributed by atoms with Crippen molar-refractivity contribution in [3.63, 3.8) is 0 Å². The Morgan fingerprint density at radius 2 is 1.11 bits per heavy atom. The second-order valence-corrected chi connectivity index (χ2v) is 8.67. The topological polar surface area (TPSA) is 68.3 Å². The molecule has 0 radical (unpaired) electrons. The summed E-state index contributed by atoms with van der Waals surface area (Å²) in [4.78, 5) is 30.6. The molecule has 6 fully saturated rings. The number of ether oxygens (including phenoxy) is 3. The monoisotopic (exact) mass is 380 g/mol. The minimum absolute atomic E-state index is 0.123. The highest BCUT2D eigenvalue weighted by molar-refractivity contribution is 5.93. The fourth-order valence-electron chi connectivity index (χ4n) is 5.81. The quantitative estimate of drug-likeness (QED) is 0.602. The Morgan fingerprint density at radius 3 is 1.41 bits per heavy atom. The third-order valence-corrected chi connectivity index (χ3v) is 7.31. The molecule has 4 bridgehead atoms. The minimum atomic E-state index is -0.698. The molecule has 0 N–H and O–H groups in total. The van der Waals surface area contributed by atoms with Crippen molar-refractivity contribution < 1.29 is 23.8 Å². The summed E-state index contributed by atoms with van der Waals surface area (Å²) in [5.74, 6) is 0.745. The SMILES string of the molecule is COCC1(COCC2(COC)C(=O)C3CCN2CC3)C(=O)C2CCN1CC2. The summed E-state index contributed by atoms with van der Waals surface area (Å²) in [6, 6.07) is 0. The van der Waals surface area contributed by atoms with Crippen LogP contribution in [-0.2, 0) is 23.8 Å². The van der Waals surface area contributed by atoms with E-state index in [0.29, 0.717) is 13.2 Å². The maximum absolute atomic E-state index is 13.1. The van der Waals surface area contributed by atoms with Gasteiger partial charge in [-0.05, 0) is 51.9 Å². The Hall–Kier alpha value is -0.860. The average Bonchev–Trinajstić information content (AvgIpc) is 2.70. The van der Waals surface area contributed by atoms with Gasteiger partial charge in [0.25, 0.3) is 0 Å². The zero-order valence-electron chi connectivity index (χ0n) is 16.6. The highest BCUT2D eigenvalue weighted by Crippen LogP contribution is 2.39. The van der Waals surface area contributed by atoms with Gasteiger partial charge < -0.3 is 14.2 Å². The van der Waals surface area contributed by atoms with Crippen molar-refractivity contribution in [2.45, 2.75) is 36.8 Å². The van der Waals surface area contributed by atoms with Crippen LogP contribution in [0.4, 0.5) is 0 Å². The summed E-state index contributed by atoms with van der Waals surface area (Å²) in [7, 11) is 3.28. The normalized spacial score (nSPS) is 43.5. The van der Waals surface area contributed by atoms with Crippen molar-refractivity contribution in [1.29, 1.82) is 0 Å². The van der Waals surface area contributed by atoms with Crippen LogP contribution < -0.4 is 0 Å². The number of methoxy groups -OCH3 is 2. The summed E-state index contributed by atoms with van der Waals surface area (Å²) in [5, 5.41) is 0.